The first kappa shape index (κ1) is 18.6. The normalized spacial score (nSPS) is 10.4. The van der Waals surface area contributed by atoms with E-state index in [-0.39, 0.29) is 6.03 Å². The second-order valence-corrected chi connectivity index (χ2v) is 6.76. The third-order valence-corrected chi connectivity index (χ3v) is 5.00. The number of urea groups is 1. The summed E-state index contributed by atoms with van der Waals surface area (Å²) in [6, 6.07) is 12.0. The summed E-state index contributed by atoms with van der Waals surface area (Å²) in [5, 5.41) is 2.65. The van der Waals surface area contributed by atoms with Crippen molar-refractivity contribution in [2.75, 3.05) is 19.0 Å². The van der Waals surface area contributed by atoms with Crippen LogP contribution in [0.4, 0.5) is 10.5 Å². The minimum Gasteiger partial charge on any atom is -0.489 e. The van der Waals surface area contributed by atoms with Crippen molar-refractivity contribution in [3.05, 3.63) is 56.7 Å². The Morgan fingerprint density at radius 1 is 1.29 bits per heavy atom. The minimum atomic E-state index is -0.151. The highest BCUT2D eigenvalue weighted by Crippen LogP contribution is 2.27. The number of nitrogens with zero attached hydrogens (tertiary/aromatic N) is 1. The van der Waals surface area contributed by atoms with E-state index in [1.54, 1.807) is 19.0 Å². The zero-order valence-corrected chi connectivity index (χ0v) is 16.7. The molecule has 2 amide bonds. The number of benzene rings is 2. The summed E-state index contributed by atoms with van der Waals surface area (Å²) in [7, 11) is 3.39. The van der Waals surface area contributed by atoms with E-state index in [0.29, 0.717) is 6.61 Å². The zero-order valence-electron chi connectivity index (χ0n) is 14.5. The highest BCUT2D eigenvalue weighted by Gasteiger charge is 2.16. The monoisotopic (exact) mass is 438 g/mol. The van der Waals surface area contributed by atoms with Crippen LogP contribution in [0.5, 0.6) is 5.75 Å². The molecule has 0 spiro atoms. The Morgan fingerprint density at radius 2 is 2.04 bits per heavy atom. The first-order chi connectivity index (χ1) is 11.5. The fourth-order valence-electron chi connectivity index (χ4n) is 2.52. The highest BCUT2D eigenvalue weighted by atomic mass is 127. The lowest BCUT2D eigenvalue weighted by molar-refractivity contribution is 0.249. The third kappa shape index (κ3) is 4.20. The molecule has 0 saturated carbocycles. The largest absolute Gasteiger partial charge is 0.489 e. The Balaban J connectivity index is 2.25. The first-order valence-corrected chi connectivity index (χ1v) is 9.01. The molecule has 0 aliphatic rings. The number of ether oxygens (including phenoxy) is 1. The third-order valence-electron chi connectivity index (χ3n) is 3.99. The van der Waals surface area contributed by atoms with Crippen LogP contribution >= 0.6 is 22.6 Å². The van der Waals surface area contributed by atoms with Crippen LogP contribution in [0, 0.1) is 10.5 Å². The van der Waals surface area contributed by atoms with E-state index in [4.69, 9.17) is 4.74 Å². The molecule has 0 aromatic heterocycles. The van der Waals surface area contributed by atoms with Crippen LogP contribution in [0.1, 0.15) is 23.6 Å². The summed E-state index contributed by atoms with van der Waals surface area (Å²) in [5.74, 6) is 0.875. The van der Waals surface area contributed by atoms with Crippen LogP contribution < -0.4 is 15.0 Å². The SMILES string of the molecule is CCc1ccc(OCc2c(I)cccc2N(C)C(=O)NC)c(C)c1. The van der Waals surface area contributed by atoms with E-state index in [2.05, 4.69) is 53.9 Å². The van der Waals surface area contributed by atoms with E-state index >= 15 is 0 Å². The number of nitrogens with one attached hydrogen (secondary N) is 1. The van der Waals surface area contributed by atoms with Crippen molar-refractivity contribution >= 4 is 34.3 Å². The maximum Gasteiger partial charge on any atom is 0.321 e. The summed E-state index contributed by atoms with van der Waals surface area (Å²) in [5.41, 5.74) is 4.28. The standard InChI is InChI=1S/C19H23IN2O2/c1-5-14-9-10-18(13(2)11-14)24-12-15-16(20)7-6-8-17(15)22(4)19(23)21-3/h6-11H,5,12H2,1-4H3,(H,21,23). The highest BCUT2D eigenvalue weighted by molar-refractivity contribution is 14.1. The number of rotatable bonds is 5. The molecule has 0 unspecified atom stereocenters. The summed E-state index contributed by atoms with van der Waals surface area (Å²) in [4.78, 5) is 13.6. The van der Waals surface area contributed by atoms with Crippen LogP contribution in [0.25, 0.3) is 0 Å². The molecule has 0 fully saturated rings. The molecule has 4 nitrogen and oxygen atoms in total. The van der Waals surface area contributed by atoms with Gasteiger partial charge in [-0.15, -0.1) is 0 Å². The van der Waals surface area contributed by atoms with Gasteiger partial charge in [0, 0.05) is 23.2 Å². The molecule has 0 atom stereocenters. The average molecular weight is 438 g/mol. The molecule has 128 valence electrons. The Morgan fingerprint density at radius 3 is 2.67 bits per heavy atom. The van der Waals surface area contributed by atoms with Crippen LogP contribution in [0.3, 0.4) is 0 Å². The predicted molar refractivity (Wildman–Crippen MR) is 107 cm³/mol. The van der Waals surface area contributed by atoms with E-state index in [1.165, 1.54) is 5.56 Å². The number of amides is 2. The first-order valence-electron chi connectivity index (χ1n) is 7.93. The van der Waals surface area contributed by atoms with Gasteiger partial charge in [0.25, 0.3) is 0 Å². The minimum absolute atomic E-state index is 0.151. The van der Waals surface area contributed by atoms with Crippen molar-refractivity contribution in [1.29, 1.82) is 0 Å². The Hall–Kier alpha value is -1.76. The van der Waals surface area contributed by atoms with E-state index in [0.717, 1.165) is 32.6 Å². The summed E-state index contributed by atoms with van der Waals surface area (Å²) < 4.78 is 7.12. The van der Waals surface area contributed by atoms with Gasteiger partial charge in [0.1, 0.15) is 12.4 Å². The van der Waals surface area contributed by atoms with Crippen molar-refractivity contribution < 1.29 is 9.53 Å². The van der Waals surface area contributed by atoms with Gasteiger partial charge < -0.3 is 10.1 Å². The van der Waals surface area contributed by atoms with E-state index in [9.17, 15) is 4.79 Å². The molecule has 2 rings (SSSR count). The number of aryl methyl sites for hydroxylation is 2. The van der Waals surface area contributed by atoms with E-state index < -0.39 is 0 Å². The van der Waals surface area contributed by atoms with Gasteiger partial charge in [-0.3, -0.25) is 4.90 Å². The number of hydrogen-bond acceptors (Lipinski definition) is 2. The molecule has 0 bridgehead atoms. The van der Waals surface area contributed by atoms with Crippen molar-refractivity contribution in [3.63, 3.8) is 0 Å². The maximum atomic E-state index is 11.9. The van der Waals surface area contributed by atoms with Gasteiger partial charge in [-0.05, 0) is 65.3 Å². The lowest BCUT2D eigenvalue weighted by Gasteiger charge is -2.21. The maximum absolute atomic E-state index is 11.9. The number of anilines is 1. The van der Waals surface area contributed by atoms with Crippen LogP contribution in [-0.4, -0.2) is 20.1 Å². The molecule has 1 N–H and O–H groups in total. The van der Waals surface area contributed by atoms with Gasteiger partial charge in [-0.1, -0.05) is 25.1 Å². The lowest BCUT2D eigenvalue weighted by atomic mass is 10.1. The fourth-order valence-corrected chi connectivity index (χ4v) is 3.16. The molecule has 24 heavy (non-hydrogen) atoms. The smallest absolute Gasteiger partial charge is 0.321 e. The van der Waals surface area contributed by atoms with Gasteiger partial charge >= 0.3 is 6.03 Å². The number of hydrogen-bond donors (Lipinski definition) is 1. The fraction of sp³-hybridized carbons (Fsp3) is 0.316. The topological polar surface area (TPSA) is 41.6 Å². The van der Waals surface area contributed by atoms with Gasteiger partial charge in [0.2, 0.25) is 0 Å². The molecule has 0 aliphatic carbocycles. The molecule has 2 aromatic rings. The van der Waals surface area contributed by atoms with Crippen molar-refractivity contribution in [1.82, 2.24) is 5.32 Å². The lowest BCUT2D eigenvalue weighted by Crippen LogP contribution is -2.35. The average Bonchev–Trinajstić information content (AvgIpc) is 2.59. The summed E-state index contributed by atoms with van der Waals surface area (Å²) >= 11 is 2.28. The predicted octanol–water partition coefficient (Wildman–Crippen LogP) is 4.52. The van der Waals surface area contributed by atoms with Gasteiger partial charge in [0.15, 0.2) is 0 Å². The van der Waals surface area contributed by atoms with Crippen molar-refractivity contribution in [2.24, 2.45) is 0 Å². The summed E-state index contributed by atoms with van der Waals surface area (Å²) in [6.45, 7) is 4.62. The zero-order chi connectivity index (χ0) is 17.7. The molecule has 0 heterocycles. The molecule has 0 aliphatic heterocycles. The second kappa shape index (κ2) is 8.37. The Bertz CT molecular complexity index is 731. The molecule has 0 saturated heterocycles. The Labute approximate surface area is 157 Å². The van der Waals surface area contributed by atoms with Crippen molar-refractivity contribution in [2.45, 2.75) is 26.9 Å². The van der Waals surface area contributed by atoms with Gasteiger partial charge in [-0.25, -0.2) is 4.79 Å². The molecule has 5 heteroatoms. The second-order valence-electron chi connectivity index (χ2n) is 5.59. The molecular weight excluding hydrogens is 415 g/mol. The van der Waals surface area contributed by atoms with Crippen molar-refractivity contribution in [3.8, 4) is 5.75 Å². The van der Waals surface area contributed by atoms with Gasteiger partial charge in [-0.2, -0.15) is 0 Å². The number of carbonyl (C=O) groups excluding carboxylic acids is 1. The van der Waals surface area contributed by atoms with Crippen LogP contribution in [-0.2, 0) is 13.0 Å². The van der Waals surface area contributed by atoms with Gasteiger partial charge in [0.05, 0.1) is 5.69 Å². The quantitative estimate of drug-likeness (QED) is 0.698. The molecule has 2 aromatic carbocycles. The molecule has 0 radical (unpaired) electrons. The number of halogens is 1. The Kier molecular flexibility index (Phi) is 6.48. The molecular formula is C19H23IN2O2. The summed E-state index contributed by atoms with van der Waals surface area (Å²) in [6.07, 6.45) is 1.01. The number of carbonyl (C=O) groups is 1. The van der Waals surface area contributed by atoms with Crippen LogP contribution in [0.2, 0.25) is 0 Å². The van der Waals surface area contributed by atoms with Crippen LogP contribution in [0.15, 0.2) is 36.4 Å². The van der Waals surface area contributed by atoms with E-state index in [1.807, 2.05) is 24.3 Å².